The molecule has 1 saturated carbocycles. The van der Waals surface area contributed by atoms with Crippen LogP contribution < -0.4 is 10.1 Å². The van der Waals surface area contributed by atoms with Crippen molar-refractivity contribution in [2.45, 2.75) is 37.8 Å². The molecule has 2 aliphatic rings. The van der Waals surface area contributed by atoms with Gasteiger partial charge in [-0.25, -0.2) is 4.39 Å². The molecule has 0 aromatic heterocycles. The van der Waals surface area contributed by atoms with Gasteiger partial charge in [-0.1, -0.05) is 11.6 Å². The summed E-state index contributed by atoms with van der Waals surface area (Å²) >= 11 is 5.81. The highest BCUT2D eigenvalue weighted by Crippen LogP contribution is 2.24. The fourth-order valence-electron chi connectivity index (χ4n) is 3.46. The molecular formula is C22H22ClFN2O3. The van der Waals surface area contributed by atoms with Crippen LogP contribution in [0, 0.1) is 5.82 Å². The minimum Gasteiger partial charge on any atom is -0.491 e. The van der Waals surface area contributed by atoms with Crippen molar-refractivity contribution in [2.24, 2.45) is 0 Å². The van der Waals surface area contributed by atoms with E-state index < -0.39 is 5.82 Å². The molecule has 0 bridgehead atoms. The molecule has 2 aromatic carbocycles. The number of nitrogens with zero attached hydrogens (tertiary/aromatic N) is 1. The van der Waals surface area contributed by atoms with Gasteiger partial charge in [0.05, 0.1) is 11.1 Å². The Balaban J connectivity index is 1.35. The second-order valence-corrected chi connectivity index (χ2v) is 7.91. The second kappa shape index (κ2) is 8.41. The molecule has 2 fully saturated rings. The first kappa shape index (κ1) is 19.7. The van der Waals surface area contributed by atoms with Gasteiger partial charge in [-0.3, -0.25) is 9.59 Å². The number of halogens is 2. The predicted octanol–water partition coefficient (Wildman–Crippen LogP) is 4.05. The van der Waals surface area contributed by atoms with Crippen molar-refractivity contribution in [3.05, 3.63) is 64.4 Å². The van der Waals surface area contributed by atoms with Gasteiger partial charge < -0.3 is 15.0 Å². The van der Waals surface area contributed by atoms with Crippen molar-refractivity contribution < 1.29 is 18.7 Å². The van der Waals surface area contributed by atoms with Crippen LogP contribution in [0.5, 0.6) is 5.75 Å². The molecule has 1 heterocycles. The minimum absolute atomic E-state index is 0.0614. The maximum absolute atomic E-state index is 13.4. The van der Waals surface area contributed by atoms with Crippen LogP contribution in [0.1, 0.15) is 46.4 Å². The first-order chi connectivity index (χ1) is 14.0. The summed E-state index contributed by atoms with van der Waals surface area (Å²) < 4.78 is 19.2. The van der Waals surface area contributed by atoms with E-state index in [4.69, 9.17) is 16.3 Å². The molecule has 2 aromatic rings. The SMILES string of the molecule is O=C(NC1CC1)c1ccc(OC[C@@H]2CCCN2C(=O)c2ccc(F)c(Cl)c2)cc1. The molecule has 1 saturated heterocycles. The van der Waals surface area contributed by atoms with Crippen molar-refractivity contribution in [2.75, 3.05) is 13.2 Å². The smallest absolute Gasteiger partial charge is 0.254 e. The average molecular weight is 417 g/mol. The Morgan fingerprint density at radius 3 is 2.52 bits per heavy atom. The number of benzene rings is 2. The van der Waals surface area contributed by atoms with E-state index >= 15 is 0 Å². The molecule has 29 heavy (non-hydrogen) atoms. The standard InChI is InChI=1S/C22H22ClFN2O3/c23-19-12-15(5-10-20(19)24)22(28)26-11-1-2-17(26)13-29-18-8-3-14(4-9-18)21(27)25-16-6-7-16/h3-5,8-10,12,16-17H,1-2,6-7,11,13H2,(H,25,27)/t17-/m0/s1. The number of carbonyl (C=O) groups excluding carboxylic acids is 2. The zero-order valence-electron chi connectivity index (χ0n) is 15.9. The molecule has 4 rings (SSSR count). The van der Waals surface area contributed by atoms with Crippen molar-refractivity contribution in [1.82, 2.24) is 10.2 Å². The van der Waals surface area contributed by atoms with Gasteiger partial charge in [0.25, 0.3) is 11.8 Å². The zero-order chi connectivity index (χ0) is 20.4. The third-order valence-corrected chi connectivity index (χ3v) is 5.57. The number of hydrogen-bond donors (Lipinski definition) is 1. The van der Waals surface area contributed by atoms with E-state index in [0.29, 0.717) is 36.1 Å². The van der Waals surface area contributed by atoms with Crippen LogP contribution in [0.2, 0.25) is 5.02 Å². The molecule has 1 aliphatic heterocycles. The third-order valence-electron chi connectivity index (χ3n) is 5.28. The number of likely N-dealkylation sites (tertiary alicyclic amines) is 1. The monoisotopic (exact) mass is 416 g/mol. The van der Waals surface area contributed by atoms with Gasteiger partial charge >= 0.3 is 0 Å². The number of ether oxygens (including phenoxy) is 1. The molecule has 1 N–H and O–H groups in total. The first-order valence-corrected chi connectivity index (χ1v) is 10.2. The van der Waals surface area contributed by atoms with Crippen LogP contribution in [0.3, 0.4) is 0 Å². The molecule has 0 radical (unpaired) electrons. The quantitative estimate of drug-likeness (QED) is 0.772. The molecule has 1 atom stereocenters. The van der Waals surface area contributed by atoms with E-state index in [0.717, 1.165) is 25.7 Å². The molecule has 1 aliphatic carbocycles. The summed E-state index contributed by atoms with van der Waals surface area (Å²) in [5.74, 6) is -0.134. The Bertz CT molecular complexity index is 915. The van der Waals surface area contributed by atoms with Crippen molar-refractivity contribution in [3.63, 3.8) is 0 Å². The Labute approximate surface area is 173 Å². The molecular weight excluding hydrogens is 395 g/mol. The van der Waals surface area contributed by atoms with E-state index in [-0.39, 0.29) is 22.9 Å². The predicted molar refractivity (Wildman–Crippen MR) is 108 cm³/mol. The Kier molecular flexibility index (Phi) is 5.72. The highest BCUT2D eigenvalue weighted by Gasteiger charge is 2.30. The average Bonchev–Trinajstić information content (AvgIpc) is 3.41. The second-order valence-electron chi connectivity index (χ2n) is 7.51. The fourth-order valence-corrected chi connectivity index (χ4v) is 3.64. The number of amides is 2. The van der Waals surface area contributed by atoms with E-state index in [1.165, 1.54) is 18.2 Å². The molecule has 7 heteroatoms. The zero-order valence-corrected chi connectivity index (χ0v) is 16.6. The van der Waals surface area contributed by atoms with Gasteiger partial charge in [-0.15, -0.1) is 0 Å². The molecule has 152 valence electrons. The van der Waals surface area contributed by atoms with Gasteiger partial charge in [-0.05, 0) is 68.1 Å². The number of carbonyl (C=O) groups is 2. The summed E-state index contributed by atoms with van der Waals surface area (Å²) in [6, 6.07) is 11.3. The van der Waals surface area contributed by atoms with E-state index in [1.54, 1.807) is 29.2 Å². The van der Waals surface area contributed by atoms with Crippen molar-refractivity contribution in [3.8, 4) is 5.75 Å². The van der Waals surface area contributed by atoms with Gasteiger partial charge in [0, 0.05) is 23.7 Å². The molecule has 2 amide bonds. The van der Waals surface area contributed by atoms with Crippen molar-refractivity contribution >= 4 is 23.4 Å². The van der Waals surface area contributed by atoms with Crippen LogP contribution in [0.4, 0.5) is 4.39 Å². The largest absolute Gasteiger partial charge is 0.491 e. The van der Waals surface area contributed by atoms with Gasteiger partial charge in [-0.2, -0.15) is 0 Å². The van der Waals surface area contributed by atoms with Gasteiger partial charge in [0.2, 0.25) is 0 Å². The summed E-state index contributed by atoms with van der Waals surface area (Å²) in [6.45, 7) is 0.983. The van der Waals surface area contributed by atoms with Crippen LogP contribution in [-0.2, 0) is 0 Å². The normalized spacial score (nSPS) is 18.6. The lowest BCUT2D eigenvalue weighted by Gasteiger charge is -2.25. The van der Waals surface area contributed by atoms with E-state index in [9.17, 15) is 14.0 Å². The summed E-state index contributed by atoms with van der Waals surface area (Å²) in [5.41, 5.74) is 0.976. The van der Waals surface area contributed by atoms with E-state index in [1.807, 2.05) is 0 Å². The van der Waals surface area contributed by atoms with Gasteiger partial charge in [0.15, 0.2) is 0 Å². The van der Waals surface area contributed by atoms with E-state index in [2.05, 4.69) is 5.32 Å². The first-order valence-electron chi connectivity index (χ1n) is 9.81. The highest BCUT2D eigenvalue weighted by atomic mass is 35.5. The van der Waals surface area contributed by atoms with Crippen molar-refractivity contribution in [1.29, 1.82) is 0 Å². The Morgan fingerprint density at radius 1 is 1.10 bits per heavy atom. The van der Waals surface area contributed by atoms with Crippen LogP contribution in [0.15, 0.2) is 42.5 Å². The van der Waals surface area contributed by atoms with Crippen LogP contribution >= 0.6 is 11.6 Å². The maximum Gasteiger partial charge on any atom is 0.254 e. The lowest BCUT2D eigenvalue weighted by Crippen LogP contribution is -2.39. The molecule has 5 nitrogen and oxygen atoms in total. The molecule has 0 unspecified atom stereocenters. The van der Waals surface area contributed by atoms with Gasteiger partial charge in [0.1, 0.15) is 18.2 Å². The lowest BCUT2D eigenvalue weighted by atomic mass is 10.1. The third kappa shape index (κ3) is 4.70. The summed E-state index contributed by atoms with van der Waals surface area (Å²) in [4.78, 5) is 26.6. The molecule has 0 spiro atoms. The Morgan fingerprint density at radius 2 is 1.83 bits per heavy atom. The minimum atomic E-state index is -0.543. The van der Waals surface area contributed by atoms with Crippen LogP contribution in [-0.4, -0.2) is 41.9 Å². The number of nitrogens with one attached hydrogen (secondary N) is 1. The topological polar surface area (TPSA) is 58.6 Å². The highest BCUT2D eigenvalue weighted by molar-refractivity contribution is 6.31. The lowest BCUT2D eigenvalue weighted by molar-refractivity contribution is 0.0691. The number of hydrogen-bond acceptors (Lipinski definition) is 3. The maximum atomic E-state index is 13.4. The summed E-state index contributed by atoms with van der Waals surface area (Å²) in [7, 11) is 0. The Hall–Kier alpha value is -2.60. The number of rotatable bonds is 6. The summed E-state index contributed by atoms with van der Waals surface area (Å²) in [6.07, 6.45) is 3.82. The summed E-state index contributed by atoms with van der Waals surface area (Å²) in [5, 5.41) is 2.89. The van der Waals surface area contributed by atoms with Crippen LogP contribution in [0.25, 0.3) is 0 Å². The fraction of sp³-hybridized carbons (Fsp3) is 0.364.